The van der Waals surface area contributed by atoms with Gasteiger partial charge in [0.25, 0.3) is 5.69 Å². The van der Waals surface area contributed by atoms with Gasteiger partial charge in [-0.3, -0.25) is 14.9 Å². The maximum atomic E-state index is 10.9. The Morgan fingerprint density at radius 2 is 1.89 bits per heavy atom. The van der Waals surface area contributed by atoms with E-state index < -0.39 is 4.92 Å². The predicted octanol–water partition coefficient (Wildman–Crippen LogP) is 2.78. The van der Waals surface area contributed by atoms with Crippen molar-refractivity contribution in [3.05, 3.63) is 58.1 Å². The first-order chi connectivity index (χ1) is 8.63. The summed E-state index contributed by atoms with van der Waals surface area (Å²) in [7, 11) is 0. The Morgan fingerprint density at radius 3 is 2.56 bits per heavy atom. The largest absolute Gasteiger partial charge is 0.507 e. The molecule has 1 N–H and O–H groups in total. The molecule has 0 aliphatic carbocycles. The molecule has 0 radical (unpaired) electrons. The third-order valence-electron chi connectivity index (χ3n) is 2.57. The standard InChI is InChI=1S/C13H9NO4/c15-8-10-7-9(5-6-13(10)16)11-3-1-2-4-12(11)14(17)18/h1-8,16H. The van der Waals surface area contributed by atoms with E-state index in [0.717, 1.165) is 0 Å². The quantitative estimate of drug-likeness (QED) is 0.510. The van der Waals surface area contributed by atoms with Gasteiger partial charge in [-0.1, -0.05) is 18.2 Å². The van der Waals surface area contributed by atoms with Crippen LogP contribution < -0.4 is 0 Å². The molecule has 0 fully saturated rings. The molecule has 18 heavy (non-hydrogen) atoms. The number of nitro benzene ring substituents is 1. The number of aldehydes is 1. The summed E-state index contributed by atoms with van der Waals surface area (Å²) in [5.74, 6) is -0.146. The Labute approximate surface area is 102 Å². The van der Waals surface area contributed by atoms with E-state index in [-0.39, 0.29) is 17.0 Å². The number of rotatable bonds is 3. The van der Waals surface area contributed by atoms with E-state index in [1.807, 2.05) is 0 Å². The number of para-hydroxylation sites is 1. The minimum atomic E-state index is -0.483. The summed E-state index contributed by atoms with van der Waals surface area (Å²) in [6.07, 6.45) is 0.508. The lowest BCUT2D eigenvalue weighted by Gasteiger charge is -2.04. The van der Waals surface area contributed by atoms with Crippen LogP contribution in [0.5, 0.6) is 5.75 Å². The van der Waals surface area contributed by atoms with Gasteiger partial charge in [0, 0.05) is 6.07 Å². The molecule has 0 heterocycles. The Balaban J connectivity index is 2.62. The Kier molecular flexibility index (Phi) is 3.05. The van der Waals surface area contributed by atoms with E-state index in [1.165, 1.54) is 24.3 Å². The van der Waals surface area contributed by atoms with Gasteiger partial charge in [0.15, 0.2) is 6.29 Å². The molecule has 2 aromatic carbocycles. The zero-order chi connectivity index (χ0) is 13.1. The molecular formula is C13H9NO4. The molecule has 0 aliphatic heterocycles. The molecule has 5 heteroatoms. The lowest BCUT2D eigenvalue weighted by molar-refractivity contribution is -0.384. The molecule has 0 unspecified atom stereocenters. The minimum Gasteiger partial charge on any atom is -0.507 e. The molecule has 5 nitrogen and oxygen atoms in total. The van der Waals surface area contributed by atoms with Crippen LogP contribution in [-0.2, 0) is 0 Å². The number of phenolic OH excluding ortho intramolecular Hbond substituents is 1. The number of nitrogens with zero attached hydrogens (tertiary/aromatic N) is 1. The normalized spacial score (nSPS) is 10.0. The summed E-state index contributed by atoms with van der Waals surface area (Å²) in [5, 5.41) is 20.3. The number of hydrogen-bond donors (Lipinski definition) is 1. The van der Waals surface area contributed by atoms with Crippen molar-refractivity contribution in [3.63, 3.8) is 0 Å². The molecule has 0 bridgehead atoms. The highest BCUT2D eigenvalue weighted by Gasteiger charge is 2.15. The topological polar surface area (TPSA) is 80.4 Å². The second-order valence-electron chi connectivity index (χ2n) is 3.67. The van der Waals surface area contributed by atoms with E-state index in [9.17, 15) is 20.0 Å². The molecule has 2 rings (SSSR count). The fraction of sp³-hybridized carbons (Fsp3) is 0. The number of phenols is 1. The Morgan fingerprint density at radius 1 is 1.17 bits per heavy atom. The van der Waals surface area contributed by atoms with Gasteiger partial charge in [0.05, 0.1) is 16.1 Å². The highest BCUT2D eigenvalue weighted by atomic mass is 16.6. The summed E-state index contributed by atoms with van der Waals surface area (Å²) in [5.41, 5.74) is 0.985. The number of nitro groups is 1. The SMILES string of the molecule is O=Cc1cc(-c2ccccc2[N+](=O)[O-])ccc1O. The van der Waals surface area contributed by atoms with Crippen LogP contribution in [0.3, 0.4) is 0 Å². The second-order valence-corrected chi connectivity index (χ2v) is 3.67. The van der Waals surface area contributed by atoms with Gasteiger partial charge in [-0.15, -0.1) is 0 Å². The summed E-state index contributed by atoms with van der Waals surface area (Å²) in [4.78, 5) is 21.2. The molecule has 0 amide bonds. The van der Waals surface area contributed by atoms with Crippen molar-refractivity contribution in [3.8, 4) is 16.9 Å². The van der Waals surface area contributed by atoms with Crippen molar-refractivity contribution in [2.45, 2.75) is 0 Å². The van der Waals surface area contributed by atoms with Crippen molar-refractivity contribution in [1.29, 1.82) is 0 Å². The van der Waals surface area contributed by atoms with E-state index in [4.69, 9.17) is 0 Å². The Hall–Kier alpha value is -2.69. The number of aromatic hydroxyl groups is 1. The highest BCUT2D eigenvalue weighted by Crippen LogP contribution is 2.31. The van der Waals surface area contributed by atoms with Crippen LogP contribution in [0.25, 0.3) is 11.1 Å². The molecular weight excluding hydrogens is 234 g/mol. The molecule has 0 saturated heterocycles. The lowest BCUT2D eigenvalue weighted by Crippen LogP contribution is -1.92. The van der Waals surface area contributed by atoms with E-state index >= 15 is 0 Å². The predicted molar refractivity (Wildman–Crippen MR) is 65.6 cm³/mol. The van der Waals surface area contributed by atoms with Crippen LogP contribution in [0.1, 0.15) is 10.4 Å². The van der Waals surface area contributed by atoms with Gasteiger partial charge < -0.3 is 5.11 Å². The average Bonchev–Trinajstić information content (AvgIpc) is 2.39. The zero-order valence-corrected chi connectivity index (χ0v) is 9.24. The van der Waals surface area contributed by atoms with E-state index in [1.54, 1.807) is 18.2 Å². The molecule has 0 atom stereocenters. The first-order valence-corrected chi connectivity index (χ1v) is 5.15. The van der Waals surface area contributed by atoms with E-state index in [0.29, 0.717) is 17.4 Å². The monoisotopic (exact) mass is 243 g/mol. The van der Waals surface area contributed by atoms with Gasteiger partial charge in [-0.25, -0.2) is 0 Å². The van der Waals surface area contributed by atoms with Crippen molar-refractivity contribution in [1.82, 2.24) is 0 Å². The fourth-order valence-corrected chi connectivity index (χ4v) is 1.69. The third kappa shape index (κ3) is 2.06. The smallest absolute Gasteiger partial charge is 0.277 e. The van der Waals surface area contributed by atoms with Crippen molar-refractivity contribution in [2.24, 2.45) is 0 Å². The van der Waals surface area contributed by atoms with Gasteiger partial charge in [-0.2, -0.15) is 0 Å². The minimum absolute atomic E-state index is 0.0416. The molecule has 0 aromatic heterocycles. The van der Waals surface area contributed by atoms with Crippen molar-refractivity contribution >= 4 is 12.0 Å². The van der Waals surface area contributed by atoms with Crippen LogP contribution in [0.2, 0.25) is 0 Å². The van der Waals surface area contributed by atoms with Crippen molar-refractivity contribution in [2.75, 3.05) is 0 Å². The molecule has 2 aromatic rings. The first kappa shape index (κ1) is 11.8. The summed E-state index contributed by atoms with van der Waals surface area (Å²) >= 11 is 0. The van der Waals surface area contributed by atoms with Crippen LogP contribution >= 0.6 is 0 Å². The van der Waals surface area contributed by atoms with Crippen LogP contribution in [0.15, 0.2) is 42.5 Å². The van der Waals surface area contributed by atoms with Gasteiger partial charge in [0.2, 0.25) is 0 Å². The average molecular weight is 243 g/mol. The zero-order valence-electron chi connectivity index (χ0n) is 9.24. The molecule has 0 aliphatic rings. The van der Waals surface area contributed by atoms with E-state index in [2.05, 4.69) is 0 Å². The Bertz CT molecular complexity index is 622. The molecule has 90 valence electrons. The summed E-state index contributed by atoms with van der Waals surface area (Å²) < 4.78 is 0. The fourth-order valence-electron chi connectivity index (χ4n) is 1.69. The summed E-state index contributed by atoms with van der Waals surface area (Å²) in [6, 6.07) is 10.5. The maximum absolute atomic E-state index is 10.9. The van der Waals surface area contributed by atoms with Gasteiger partial charge in [-0.05, 0) is 23.8 Å². The van der Waals surface area contributed by atoms with Crippen LogP contribution in [0, 0.1) is 10.1 Å². The first-order valence-electron chi connectivity index (χ1n) is 5.15. The number of carbonyl (C=O) groups excluding carboxylic acids is 1. The van der Waals surface area contributed by atoms with Crippen molar-refractivity contribution < 1.29 is 14.8 Å². The maximum Gasteiger partial charge on any atom is 0.277 e. The third-order valence-corrected chi connectivity index (χ3v) is 2.57. The second kappa shape index (κ2) is 4.67. The molecule has 0 spiro atoms. The lowest BCUT2D eigenvalue weighted by atomic mass is 10.0. The van der Waals surface area contributed by atoms with Gasteiger partial charge in [0.1, 0.15) is 5.75 Å². The number of hydrogen-bond acceptors (Lipinski definition) is 4. The van der Waals surface area contributed by atoms with Crippen LogP contribution in [-0.4, -0.2) is 16.3 Å². The summed E-state index contributed by atoms with van der Waals surface area (Å²) in [6.45, 7) is 0. The molecule has 0 saturated carbocycles. The number of benzene rings is 2. The van der Waals surface area contributed by atoms with Gasteiger partial charge >= 0.3 is 0 Å². The number of carbonyl (C=O) groups is 1. The van der Waals surface area contributed by atoms with Crippen LogP contribution in [0.4, 0.5) is 5.69 Å². The highest BCUT2D eigenvalue weighted by molar-refractivity contribution is 5.84.